The fourth-order valence-corrected chi connectivity index (χ4v) is 3.15. The molecule has 2 rings (SSSR count). The van der Waals surface area contributed by atoms with Crippen LogP contribution in [-0.4, -0.2) is 4.98 Å². The van der Waals surface area contributed by atoms with E-state index < -0.39 is 0 Å². The third-order valence-electron chi connectivity index (χ3n) is 1.75. The predicted octanol–water partition coefficient (Wildman–Crippen LogP) is 3.89. The van der Waals surface area contributed by atoms with Gasteiger partial charge in [-0.2, -0.15) is 0 Å². The maximum Gasteiger partial charge on any atom is 0.182 e. The van der Waals surface area contributed by atoms with Crippen LogP contribution in [0.3, 0.4) is 0 Å². The zero-order chi connectivity index (χ0) is 9.97. The van der Waals surface area contributed by atoms with Gasteiger partial charge in [-0.1, -0.05) is 0 Å². The second kappa shape index (κ2) is 4.42. The number of aromatic nitrogens is 1. The molecule has 0 saturated carbocycles. The number of halogens is 1. The number of thiophene rings is 1. The minimum absolute atomic E-state index is 0.852. The third kappa shape index (κ3) is 2.34. The summed E-state index contributed by atoms with van der Waals surface area (Å²) in [5, 5.41) is 6.23. The fourth-order valence-electron chi connectivity index (χ4n) is 1.08. The van der Waals surface area contributed by atoms with E-state index in [2.05, 4.69) is 39.2 Å². The van der Waals surface area contributed by atoms with Crippen LogP contribution >= 0.6 is 38.6 Å². The van der Waals surface area contributed by atoms with Crippen molar-refractivity contribution in [2.75, 3.05) is 5.32 Å². The van der Waals surface area contributed by atoms with Crippen molar-refractivity contribution in [3.63, 3.8) is 0 Å². The zero-order valence-corrected chi connectivity index (χ0v) is 10.8. The average molecular weight is 289 g/mol. The van der Waals surface area contributed by atoms with Crippen molar-refractivity contribution < 1.29 is 0 Å². The van der Waals surface area contributed by atoms with Gasteiger partial charge in [-0.15, -0.1) is 22.7 Å². The Balaban J connectivity index is 1.98. The third-order valence-corrected chi connectivity index (χ3v) is 4.62. The van der Waals surface area contributed by atoms with E-state index in [0.717, 1.165) is 11.7 Å². The Hall–Kier alpha value is -0.390. The minimum atomic E-state index is 0.852. The Morgan fingerprint density at radius 3 is 3.00 bits per heavy atom. The highest BCUT2D eigenvalue weighted by molar-refractivity contribution is 9.10. The fraction of sp³-hybridized carbons (Fsp3) is 0.222. The normalized spacial score (nSPS) is 10.4. The standard InChI is InChI=1S/C9H9BrN2S2/c1-6-8(10)4-7(14-6)5-12-9-11-2-3-13-9/h2-4H,5H2,1H3,(H,11,12). The van der Waals surface area contributed by atoms with Crippen LogP contribution in [0, 0.1) is 6.92 Å². The van der Waals surface area contributed by atoms with Crippen molar-refractivity contribution in [1.29, 1.82) is 0 Å². The maximum atomic E-state index is 4.16. The van der Waals surface area contributed by atoms with Crippen LogP contribution in [-0.2, 0) is 6.54 Å². The first-order chi connectivity index (χ1) is 6.75. The molecule has 0 atom stereocenters. The Bertz CT molecular complexity index is 389. The van der Waals surface area contributed by atoms with Crippen molar-refractivity contribution in [2.24, 2.45) is 0 Å². The molecule has 0 saturated heterocycles. The highest BCUT2D eigenvalue weighted by Crippen LogP contribution is 2.27. The lowest BCUT2D eigenvalue weighted by Gasteiger charge is -1.97. The van der Waals surface area contributed by atoms with E-state index in [1.165, 1.54) is 14.2 Å². The second-order valence-corrected chi connectivity index (χ2v) is 5.90. The van der Waals surface area contributed by atoms with Gasteiger partial charge in [0.1, 0.15) is 0 Å². The number of rotatable bonds is 3. The molecule has 0 aromatic carbocycles. The number of nitrogens with one attached hydrogen (secondary N) is 1. The van der Waals surface area contributed by atoms with Crippen LogP contribution < -0.4 is 5.32 Å². The molecule has 0 radical (unpaired) electrons. The highest BCUT2D eigenvalue weighted by Gasteiger charge is 2.02. The lowest BCUT2D eigenvalue weighted by atomic mass is 10.4. The molecule has 0 amide bonds. The SMILES string of the molecule is Cc1sc(CNc2nccs2)cc1Br. The van der Waals surface area contributed by atoms with Crippen LogP contribution in [0.25, 0.3) is 0 Å². The lowest BCUT2D eigenvalue weighted by Crippen LogP contribution is -1.95. The maximum absolute atomic E-state index is 4.16. The summed E-state index contributed by atoms with van der Waals surface area (Å²) in [5.41, 5.74) is 0. The van der Waals surface area contributed by atoms with Crippen LogP contribution in [0.2, 0.25) is 0 Å². The molecular weight excluding hydrogens is 280 g/mol. The molecule has 0 aliphatic rings. The Kier molecular flexibility index (Phi) is 3.20. The monoisotopic (exact) mass is 288 g/mol. The molecule has 0 spiro atoms. The Labute approximate surface area is 99.1 Å². The van der Waals surface area contributed by atoms with Gasteiger partial charge in [0.15, 0.2) is 5.13 Å². The molecule has 14 heavy (non-hydrogen) atoms. The van der Waals surface area contributed by atoms with E-state index in [1.807, 2.05) is 11.6 Å². The van der Waals surface area contributed by atoms with Gasteiger partial charge in [-0.3, -0.25) is 0 Å². The van der Waals surface area contributed by atoms with E-state index in [1.54, 1.807) is 22.7 Å². The van der Waals surface area contributed by atoms with Gasteiger partial charge in [-0.05, 0) is 28.9 Å². The van der Waals surface area contributed by atoms with E-state index >= 15 is 0 Å². The summed E-state index contributed by atoms with van der Waals surface area (Å²) in [6.07, 6.45) is 1.81. The number of hydrogen-bond acceptors (Lipinski definition) is 4. The van der Waals surface area contributed by atoms with Crippen LogP contribution in [0.15, 0.2) is 22.1 Å². The molecule has 74 valence electrons. The molecule has 0 fully saturated rings. The Morgan fingerprint density at radius 1 is 1.57 bits per heavy atom. The molecule has 0 bridgehead atoms. The number of hydrogen-bond donors (Lipinski definition) is 1. The van der Waals surface area contributed by atoms with Gasteiger partial charge in [0.25, 0.3) is 0 Å². The van der Waals surface area contributed by atoms with Gasteiger partial charge in [0.05, 0.1) is 6.54 Å². The van der Waals surface area contributed by atoms with Crippen molar-refractivity contribution in [3.05, 3.63) is 31.9 Å². The molecule has 2 aromatic heterocycles. The molecular formula is C9H9BrN2S2. The summed E-state index contributed by atoms with van der Waals surface area (Å²) in [4.78, 5) is 6.80. The summed E-state index contributed by atoms with van der Waals surface area (Å²) in [7, 11) is 0. The largest absolute Gasteiger partial charge is 0.357 e. The van der Waals surface area contributed by atoms with Gasteiger partial charge in [-0.25, -0.2) is 4.98 Å². The Morgan fingerprint density at radius 2 is 2.43 bits per heavy atom. The summed E-state index contributed by atoms with van der Waals surface area (Å²) in [5.74, 6) is 0. The van der Waals surface area contributed by atoms with Gasteiger partial charge < -0.3 is 5.32 Å². The molecule has 2 aromatic rings. The molecule has 1 N–H and O–H groups in total. The van der Waals surface area contributed by atoms with E-state index in [-0.39, 0.29) is 0 Å². The van der Waals surface area contributed by atoms with Crippen molar-refractivity contribution in [2.45, 2.75) is 13.5 Å². The number of thiazole rings is 1. The van der Waals surface area contributed by atoms with Crippen molar-refractivity contribution in [3.8, 4) is 0 Å². The topological polar surface area (TPSA) is 24.9 Å². The predicted molar refractivity (Wildman–Crippen MR) is 66.2 cm³/mol. The summed E-state index contributed by atoms with van der Waals surface area (Å²) < 4.78 is 1.19. The first-order valence-corrected chi connectivity index (χ1v) is 6.63. The molecule has 5 heteroatoms. The van der Waals surface area contributed by atoms with Crippen LogP contribution in [0.5, 0.6) is 0 Å². The number of aryl methyl sites for hydroxylation is 1. The van der Waals surface area contributed by atoms with Gasteiger partial charge in [0, 0.05) is 25.8 Å². The first kappa shape index (κ1) is 10.1. The number of anilines is 1. The van der Waals surface area contributed by atoms with E-state index in [0.29, 0.717) is 0 Å². The smallest absolute Gasteiger partial charge is 0.182 e. The van der Waals surface area contributed by atoms with Crippen LogP contribution in [0.1, 0.15) is 9.75 Å². The summed E-state index contributed by atoms with van der Waals surface area (Å²) in [6.45, 7) is 2.96. The average Bonchev–Trinajstić information content (AvgIpc) is 2.74. The van der Waals surface area contributed by atoms with E-state index in [9.17, 15) is 0 Å². The molecule has 0 aliphatic carbocycles. The quantitative estimate of drug-likeness (QED) is 0.927. The van der Waals surface area contributed by atoms with Crippen LogP contribution in [0.4, 0.5) is 5.13 Å². The van der Waals surface area contributed by atoms with Gasteiger partial charge in [0.2, 0.25) is 0 Å². The molecule has 0 aliphatic heterocycles. The summed E-state index contributed by atoms with van der Waals surface area (Å²) >= 11 is 6.93. The first-order valence-electron chi connectivity index (χ1n) is 4.14. The zero-order valence-electron chi connectivity index (χ0n) is 7.58. The second-order valence-electron chi connectivity index (χ2n) is 2.81. The molecule has 2 heterocycles. The summed E-state index contributed by atoms with van der Waals surface area (Å²) in [6, 6.07) is 2.15. The number of nitrogens with zero attached hydrogens (tertiary/aromatic N) is 1. The molecule has 2 nitrogen and oxygen atoms in total. The highest BCUT2D eigenvalue weighted by atomic mass is 79.9. The van der Waals surface area contributed by atoms with Crippen molar-refractivity contribution >= 4 is 43.7 Å². The minimum Gasteiger partial charge on any atom is -0.357 e. The molecule has 0 unspecified atom stereocenters. The van der Waals surface area contributed by atoms with E-state index in [4.69, 9.17) is 0 Å². The lowest BCUT2D eigenvalue weighted by molar-refractivity contribution is 1.17. The van der Waals surface area contributed by atoms with Gasteiger partial charge >= 0.3 is 0 Å². The van der Waals surface area contributed by atoms with Crippen molar-refractivity contribution in [1.82, 2.24) is 4.98 Å².